The molecule has 0 bridgehead atoms. The molecule has 0 aliphatic heterocycles. The standard InChI is InChI=1S/C27H44O6/c1-8-11-14-16-18-24(32-25(28)20(4)5)22(7)27(30)33-23(17-15-12-9-2)21(6)26(29)31-19-13-10-3/h4,8-19H2,1-3,5-7H3. The van der Waals surface area contributed by atoms with Crippen LogP contribution in [-0.2, 0) is 28.6 Å². The summed E-state index contributed by atoms with van der Waals surface area (Å²) in [4.78, 5) is 37.5. The molecule has 0 N–H and O–H groups in total. The lowest BCUT2D eigenvalue weighted by molar-refractivity contribution is -0.140. The molecule has 0 aromatic rings. The van der Waals surface area contributed by atoms with E-state index in [1.807, 2.05) is 6.92 Å². The predicted octanol–water partition coefficient (Wildman–Crippen LogP) is 7.09. The Morgan fingerprint density at radius 1 is 0.606 bits per heavy atom. The Hall–Kier alpha value is -2.37. The van der Waals surface area contributed by atoms with Crippen molar-refractivity contribution in [3.8, 4) is 0 Å². The minimum Gasteiger partial charge on any atom is -0.462 e. The SMILES string of the molecule is C=C(C)C(=O)OC(CCCCCC)=C(C)C(=O)OC(CCCCC)=C(C)C(=O)OCCCC. The number of hydrogen-bond acceptors (Lipinski definition) is 6. The second kappa shape index (κ2) is 18.1. The van der Waals surface area contributed by atoms with Gasteiger partial charge in [-0.2, -0.15) is 0 Å². The van der Waals surface area contributed by atoms with Crippen molar-refractivity contribution in [1.29, 1.82) is 0 Å². The monoisotopic (exact) mass is 464 g/mol. The van der Waals surface area contributed by atoms with Crippen molar-refractivity contribution >= 4 is 17.9 Å². The minimum atomic E-state index is -0.623. The fourth-order valence-electron chi connectivity index (χ4n) is 2.91. The van der Waals surface area contributed by atoms with Crippen LogP contribution in [0.4, 0.5) is 0 Å². The number of hydrogen-bond donors (Lipinski definition) is 0. The summed E-state index contributed by atoms with van der Waals surface area (Å²) in [6.45, 7) is 14.9. The van der Waals surface area contributed by atoms with Crippen molar-refractivity contribution in [2.75, 3.05) is 6.61 Å². The zero-order valence-corrected chi connectivity index (χ0v) is 21.6. The van der Waals surface area contributed by atoms with Gasteiger partial charge in [0.15, 0.2) is 0 Å². The highest BCUT2D eigenvalue weighted by Crippen LogP contribution is 2.22. The zero-order chi connectivity index (χ0) is 25.2. The Morgan fingerprint density at radius 2 is 1.06 bits per heavy atom. The molecule has 0 spiro atoms. The van der Waals surface area contributed by atoms with E-state index in [2.05, 4.69) is 20.4 Å². The molecule has 6 nitrogen and oxygen atoms in total. The summed E-state index contributed by atoms with van der Waals surface area (Å²) in [6.07, 6.45) is 9.24. The van der Waals surface area contributed by atoms with Gasteiger partial charge in [0.1, 0.15) is 11.5 Å². The number of rotatable bonds is 17. The van der Waals surface area contributed by atoms with Gasteiger partial charge in [-0.15, -0.1) is 0 Å². The number of esters is 3. The van der Waals surface area contributed by atoms with Crippen LogP contribution in [-0.4, -0.2) is 24.5 Å². The van der Waals surface area contributed by atoms with E-state index in [4.69, 9.17) is 14.2 Å². The van der Waals surface area contributed by atoms with Crippen LogP contribution < -0.4 is 0 Å². The number of allylic oxidation sites excluding steroid dienone is 2. The largest absolute Gasteiger partial charge is 0.462 e. The van der Waals surface area contributed by atoms with Crippen LogP contribution in [0.15, 0.2) is 34.8 Å². The first-order valence-corrected chi connectivity index (χ1v) is 12.4. The second-order valence-electron chi connectivity index (χ2n) is 8.41. The quantitative estimate of drug-likeness (QED) is 0.0751. The van der Waals surface area contributed by atoms with Crippen molar-refractivity contribution in [2.24, 2.45) is 0 Å². The molecule has 6 heteroatoms. The van der Waals surface area contributed by atoms with Crippen molar-refractivity contribution in [1.82, 2.24) is 0 Å². The van der Waals surface area contributed by atoms with Crippen molar-refractivity contribution < 1.29 is 28.6 Å². The maximum absolute atomic E-state index is 13.0. The summed E-state index contributed by atoms with van der Waals surface area (Å²) in [5, 5.41) is 0. The molecule has 0 amide bonds. The minimum absolute atomic E-state index is 0.223. The average molecular weight is 465 g/mol. The third-order valence-corrected chi connectivity index (χ3v) is 5.22. The van der Waals surface area contributed by atoms with Crippen LogP contribution in [0.3, 0.4) is 0 Å². The lowest BCUT2D eigenvalue weighted by atomic mass is 10.1. The Bertz CT molecular complexity index is 714. The molecule has 0 rings (SSSR count). The lowest BCUT2D eigenvalue weighted by Crippen LogP contribution is -2.16. The zero-order valence-electron chi connectivity index (χ0n) is 21.6. The van der Waals surface area contributed by atoms with E-state index in [9.17, 15) is 14.4 Å². The van der Waals surface area contributed by atoms with Crippen LogP contribution >= 0.6 is 0 Å². The molecule has 0 saturated carbocycles. The summed E-state index contributed by atoms with van der Waals surface area (Å²) >= 11 is 0. The van der Waals surface area contributed by atoms with Gasteiger partial charge in [0.05, 0.1) is 17.8 Å². The Morgan fingerprint density at radius 3 is 1.58 bits per heavy atom. The highest BCUT2D eigenvalue weighted by molar-refractivity contribution is 5.93. The van der Waals surface area contributed by atoms with Gasteiger partial charge in [-0.25, -0.2) is 14.4 Å². The maximum Gasteiger partial charge on any atom is 0.342 e. The molecule has 188 valence electrons. The first-order chi connectivity index (χ1) is 15.7. The van der Waals surface area contributed by atoms with Gasteiger partial charge in [-0.05, 0) is 40.0 Å². The normalized spacial score (nSPS) is 12.4. The molecular weight excluding hydrogens is 420 g/mol. The first kappa shape index (κ1) is 30.6. The Kier molecular flexibility index (Phi) is 16.8. The first-order valence-electron chi connectivity index (χ1n) is 12.4. The summed E-state index contributed by atoms with van der Waals surface area (Å²) < 4.78 is 16.4. The third-order valence-electron chi connectivity index (χ3n) is 5.22. The number of ether oxygens (including phenoxy) is 3. The summed E-state index contributed by atoms with van der Waals surface area (Å²) in [5.41, 5.74) is 0.779. The molecule has 0 aliphatic rings. The average Bonchev–Trinajstić information content (AvgIpc) is 2.79. The fraction of sp³-hybridized carbons (Fsp3) is 0.667. The van der Waals surface area contributed by atoms with E-state index in [-0.39, 0.29) is 11.1 Å². The topological polar surface area (TPSA) is 78.9 Å². The van der Waals surface area contributed by atoms with Gasteiger partial charge in [0.25, 0.3) is 0 Å². The Labute approximate surface area is 200 Å². The summed E-state index contributed by atoms with van der Waals surface area (Å²) in [6, 6.07) is 0. The van der Waals surface area contributed by atoms with Crippen LogP contribution in [0, 0.1) is 0 Å². The molecule has 0 aromatic carbocycles. The summed E-state index contributed by atoms with van der Waals surface area (Å²) in [5.74, 6) is -1.06. The highest BCUT2D eigenvalue weighted by atomic mass is 16.6. The third kappa shape index (κ3) is 13.1. The molecule has 0 radical (unpaired) electrons. The lowest BCUT2D eigenvalue weighted by Gasteiger charge is -2.15. The molecule has 0 saturated heterocycles. The van der Waals surface area contributed by atoms with E-state index in [0.717, 1.165) is 57.8 Å². The van der Waals surface area contributed by atoms with E-state index < -0.39 is 17.9 Å². The number of carbonyl (C=O) groups is 3. The van der Waals surface area contributed by atoms with Gasteiger partial charge in [-0.1, -0.05) is 65.9 Å². The van der Waals surface area contributed by atoms with Crippen LogP contribution in [0.1, 0.15) is 112 Å². The fourth-order valence-corrected chi connectivity index (χ4v) is 2.91. The van der Waals surface area contributed by atoms with Gasteiger partial charge in [0.2, 0.25) is 0 Å². The smallest absolute Gasteiger partial charge is 0.342 e. The number of unbranched alkanes of at least 4 members (excludes halogenated alkanes) is 6. The van der Waals surface area contributed by atoms with Crippen molar-refractivity contribution in [2.45, 2.75) is 112 Å². The van der Waals surface area contributed by atoms with Gasteiger partial charge >= 0.3 is 17.9 Å². The molecule has 33 heavy (non-hydrogen) atoms. The van der Waals surface area contributed by atoms with Crippen molar-refractivity contribution in [3.63, 3.8) is 0 Å². The predicted molar refractivity (Wildman–Crippen MR) is 131 cm³/mol. The Balaban J connectivity index is 5.70. The van der Waals surface area contributed by atoms with Crippen LogP contribution in [0.25, 0.3) is 0 Å². The van der Waals surface area contributed by atoms with E-state index in [1.165, 1.54) is 0 Å². The van der Waals surface area contributed by atoms with Gasteiger partial charge < -0.3 is 14.2 Å². The van der Waals surface area contributed by atoms with E-state index >= 15 is 0 Å². The number of carbonyl (C=O) groups excluding carboxylic acids is 3. The van der Waals surface area contributed by atoms with Crippen molar-refractivity contribution in [3.05, 3.63) is 34.8 Å². The van der Waals surface area contributed by atoms with Crippen LogP contribution in [0.5, 0.6) is 0 Å². The molecule has 0 atom stereocenters. The molecule has 0 aliphatic carbocycles. The maximum atomic E-state index is 13.0. The molecule has 0 fully saturated rings. The van der Waals surface area contributed by atoms with Gasteiger partial charge in [-0.3, -0.25) is 0 Å². The van der Waals surface area contributed by atoms with Gasteiger partial charge in [0, 0.05) is 18.4 Å². The molecule has 0 aromatic heterocycles. The second-order valence-corrected chi connectivity index (χ2v) is 8.41. The molecular formula is C27H44O6. The van der Waals surface area contributed by atoms with E-state index in [1.54, 1.807) is 20.8 Å². The summed E-state index contributed by atoms with van der Waals surface area (Å²) in [7, 11) is 0. The van der Waals surface area contributed by atoms with E-state index in [0.29, 0.717) is 36.5 Å². The molecule has 0 heterocycles. The molecule has 0 unspecified atom stereocenters. The van der Waals surface area contributed by atoms with Crippen LogP contribution in [0.2, 0.25) is 0 Å². The highest BCUT2D eigenvalue weighted by Gasteiger charge is 2.21.